The van der Waals surface area contributed by atoms with E-state index in [9.17, 15) is 4.79 Å². The summed E-state index contributed by atoms with van der Waals surface area (Å²) >= 11 is 0. The lowest BCUT2D eigenvalue weighted by Crippen LogP contribution is -2.61. The first-order chi connectivity index (χ1) is 10.6. The normalized spacial score (nSPS) is 31.4. The minimum atomic E-state index is -0.159. The number of fused-ring (bicyclic) bond motifs is 1. The molecule has 0 spiro atoms. The highest BCUT2D eigenvalue weighted by Crippen LogP contribution is 2.36. The monoisotopic (exact) mass is 302 g/mol. The maximum Gasteiger partial charge on any atom is 0.338 e. The fourth-order valence-corrected chi connectivity index (χ4v) is 4.49. The molecule has 0 N–H and O–H groups in total. The first-order valence-corrected chi connectivity index (χ1v) is 8.67. The molecule has 3 rings (SSSR count). The number of quaternary nitrogens is 1. The molecule has 0 aliphatic carbocycles. The molecule has 1 aromatic rings. The Hall–Kier alpha value is -1.35. The van der Waals surface area contributed by atoms with Gasteiger partial charge in [0.25, 0.3) is 0 Å². The molecule has 3 atom stereocenters. The Morgan fingerprint density at radius 2 is 1.95 bits per heavy atom. The molecule has 0 amide bonds. The van der Waals surface area contributed by atoms with Gasteiger partial charge >= 0.3 is 5.97 Å². The fraction of sp³-hybridized carbons (Fsp3) is 0.632. The van der Waals surface area contributed by atoms with Crippen molar-refractivity contribution in [2.24, 2.45) is 5.92 Å². The van der Waals surface area contributed by atoms with Gasteiger partial charge in [-0.15, -0.1) is 0 Å². The molecular formula is C19H28NO2+. The van der Waals surface area contributed by atoms with Crippen molar-refractivity contribution in [3.8, 4) is 0 Å². The summed E-state index contributed by atoms with van der Waals surface area (Å²) in [5.41, 5.74) is 1.70. The molecule has 0 radical (unpaired) electrons. The minimum Gasteiger partial charge on any atom is -0.462 e. The third kappa shape index (κ3) is 3.05. The molecule has 3 heteroatoms. The van der Waals surface area contributed by atoms with E-state index >= 15 is 0 Å². The highest BCUT2D eigenvalue weighted by molar-refractivity contribution is 5.90. The number of aryl methyl sites for hydroxylation is 1. The molecule has 2 heterocycles. The van der Waals surface area contributed by atoms with Crippen molar-refractivity contribution < 1.29 is 14.0 Å². The summed E-state index contributed by atoms with van der Waals surface area (Å²) in [6.07, 6.45) is 6.45. The van der Waals surface area contributed by atoms with Crippen LogP contribution in [0, 0.1) is 12.8 Å². The van der Waals surface area contributed by atoms with Crippen LogP contribution in [0.5, 0.6) is 0 Å². The smallest absolute Gasteiger partial charge is 0.338 e. The lowest BCUT2D eigenvalue weighted by Gasteiger charge is -2.51. The summed E-state index contributed by atoms with van der Waals surface area (Å²) in [6, 6.07) is 8.37. The predicted octanol–water partition coefficient (Wildman–Crippen LogP) is 3.56. The number of benzene rings is 1. The van der Waals surface area contributed by atoms with E-state index in [2.05, 4.69) is 7.05 Å². The van der Waals surface area contributed by atoms with Gasteiger partial charge in [-0.05, 0) is 44.2 Å². The molecule has 0 bridgehead atoms. The predicted molar refractivity (Wildman–Crippen MR) is 87.7 cm³/mol. The number of esters is 1. The quantitative estimate of drug-likeness (QED) is 0.630. The highest BCUT2D eigenvalue weighted by Gasteiger charge is 2.43. The molecule has 2 aliphatic rings. The lowest BCUT2D eigenvalue weighted by molar-refractivity contribution is -0.947. The van der Waals surface area contributed by atoms with Crippen LogP contribution in [-0.4, -0.2) is 43.2 Å². The Balaban J connectivity index is 1.63. The van der Waals surface area contributed by atoms with Crippen LogP contribution in [0.2, 0.25) is 0 Å². The van der Waals surface area contributed by atoms with Gasteiger partial charge in [-0.3, -0.25) is 0 Å². The fourth-order valence-electron chi connectivity index (χ4n) is 4.49. The van der Waals surface area contributed by atoms with Gasteiger partial charge in [-0.2, -0.15) is 0 Å². The Morgan fingerprint density at radius 3 is 2.77 bits per heavy atom. The van der Waals surface area contributed by atoms with Gasteiger partial charge in [0.1, 0.15) is 6.61 Å². The van der Waals surface area contributed by atoms with Crippen LogP contribution in [0.25, 0.3) is 0 Å². The molecule has 1 aromatic carbocycles. The van der Waals surface area contributed by atoms with Crippen molar-refractivity contribution >= 4 is 5.97 Å². The summed E-state index contributed by atoms with van der Waals surface area (Å²) in [5, 5.41) is 0. The molecule has 22 heavy (non-hydrogen) atoms. The van der Waals surface area contributed by atoms with Crippen LogP contribution < -0.4 is 0 Å². The number of carbonyl (C=O) groups is 1. The van der Waals surface area contributed by atoms with Crippen molar-refractivity contribution in [3.05, 3.63) is 35.4 Å². The average Bonchev–Trinajstić information content (AvgIpc) is 2.52. The van der Waals surface area contributed by atoms with Gasteiger partial charge in [0.05, 0.1) is 31.7 Å². The zero-order valence-electron chi connectivity index (χ0n) is 13.9. The van der Waals surface area contributed by atoms with E-state index in [0.717, 1.165) is 5.56 Å². The maximum absolute atomic E-state index is 12.3. The van der Waals surface area contributed by atoms with Crippen molar-refractivity contribution in [1.29, 1.82) is 0 Å². The number of hydrogen-bond donors (Lipinski definition) is 0. The van der Waals surface area contributed by atoms with E-state index in [0.29, 0.717) is 24.1 Å². The van der Waals surface area contributed by atoms with E-state index in [1.807, 2.05) is 31.2 Å². The number of nitrogens with zero attached hydrogens (tertiary/aromatic N) is 1. The second-order valence-corrected chi connectivity index (χ2v) is 7.31. The summed E-state index contributed by atoms with van der Waals surface area (Å²) in [7, 11) is 2.40. The van der Waals surface area contributed by atoms with Gasteiger partial charge in [0.15, 0.2) is 0 Å². The van der Waals surface area contributed by atoms with Crippen LogP contribution in [0.4, 0.5) is 0 Å². The van der Waals surface area contributed by atoms with Gasteiger partial charge in [0.2, 0.25) is 0 Å². The second kappa shape index (κ2) is 6.41. The third-order valence-electron chi connectivity index (χ3n) is 5.80. The summed E-state index contributed by atoms with van der Waals surface area (Å²) in [4.78, 5) is 12.3. The number of rotatable bonds is 3. The maximum atomic E-state index is 12.3. The van der Waals surface area contributed by atoms with Crippen LogP contribution in [0.15, 0.2) is 24.3 Å². The largest absolute Gasteiger partial charge is 0.462 e. The molecule has 0 aromatic heterocycles. The van der Waals surface area contributed by atoms with Crippen LogP contribution >= 0.6 is 0 Å². The van der Waals surface area contributed by atoms with E-state index in [1.165, 1.54) is 49.7 Å². The van der Waals surface area contributed by atoms with Crippen LogP contribution in [0.1, 0.15) is 48.0 Å². The number of piperidine rings is 2. The molecule has 3 nitrogen and oxygen atoms in total. The number of carbonyl (C=O) groups excluding carboxylic acids is 1. The van der Waals surface area contributed by atoms with Gasteiger partial charge in [-0.1, -0.05) is 18.2 Å². The lowest BCUT2D eigenvalue weighted by atomic mass is 9.82. The topological polar surface area (TPSA) is 26.3 Å². The molecule has 3 unspecified atom stereocenters. The van der Waals surface area contributed by atoms with Crippen molar-refractivity contribution in [2.75, 3.05) is 26.7 Å². The van der Waals surface area contributed by atoms with Gasteiger partial charge < -0.3 is 9.22 Å². The first-order valence-electron chi connectivity index (χ1n) is 8.67. The molecule has 2 aliphatic heterocycles. The zero-order chi connectivity index (χ0) is 15.6. The molecular weight excluding hydrogens is 274 g/mol. The number of hydrogen-bond acceptors (Lipinski definition) is 2. The van der Waals surface area contributed by atoms with E-state index in [1.54, 1.807) is 0 Å². The Morgan fingerprint density at radius 1 is 1.18 bits per heavy atom. The van der Waals surface area contributed by atoms with Crippen LogP contribution in [0.3, 0.4) is 0 Å². The third-order valence-corrected chi connectivity index (χ3v) is 5.80. The Bertz CT molecular complexity index is 538. The zero-order valence-corrected chi connectivity index (χ0v) is 13.9. The summed E-state index contributed by atoms with van der Waals surface area (Å²) < 4.78 is 6.89. The molecule has 2 saturated heterocycles. The molecule has 120 valence electrons. The van der Waals surface area contributed by atoms with E-state index in [-0.39, 0.29) is 5.97 Å². The molecule has 0 saturated carbocycles. The Labute approximate surface area is 133 Å². The minimum absolute atomic E-state index is 0.159. The van der Waals surface area contributed by atoms with Crippen LogP contribution in [-0.2, 0) is 4.74 Å². The summed E-state index contributed by atoms with van der Waals surface area (Å²) in [6.45, 7) is 5.15. The Kier molecular flexibility index (Phi) is 4.53. The molecule has 2 fully saturated rings. The standard InChI is InChI=1S/C19H28NO2/c1-15-8-3-4-10-17(15)19(21)22-14-16-9-7-13-20(2)12-6-5-11-18(16)20/h3-4,8,10,16,18H,5-7,9,11-14H2,1-2H3/q+1. The highest BCUT2D eigenvalue weighted by atomic mass is 16.5. The number of ether oxygens (including phenoxy) is 1. The van der Waals surface area contributed by atoms with E-state index in [4.69, 9.17) is 4.74 Å². The van der Waals surface area contributed by atoms with Gasteiger partial charge in [-0.25, -0.2) is 4.79 Å². The van der Waals surface area contributed by atoms with E-state index < -0.39 is 0 Å². The SMILES string of the molecule is Cc1ccccc1C(=O)OCC1CCC[N+]2(C)CCCCC12. The van der Waals surface area contributed by atoms with Crippen molar-refractivity contribution in [2.45, 2.75) is 45.1 Å². The first kappa shape index (κ1) is 15.5. The second-order valence-electron chi connectivity index (χ2n) is 7.31. The van der Waals surface area contributed by atoms with Crippen molar-refractivity contribution in [1.82, 2.24) is 0 Å². The summed E-state index contributed by atoms with van der Waals surface area (Å²) in [5.74, 6) is 0.376. The average molecular weight is 302 g/mol. The van der Waals surface area contributed by atoms with Gasteiger partial charge in [0, 0.05) is 12.3 Å². The van der Waals surface area contributed by atoms with Crippen molar-refractivity contribution in [3.63, 3.8) is 0 Å².